The van der Waals surface area contributed by atoms with E-state index in [1.165, 1.54) is 0 Å². The summed E-state index contributed by atoms with van der Waals surface area (Å²) in [6.07, 6.45) is -0.801. The van der Waals surface area contributed by atoms with Crippen LogP contribution in [-0.4, -0.2) is 44.4 Å². The van der Waals surface area contributed by atoms with Crippen molar-refractivity contribution in [3.63, 3.8) is 0 Å². The number of esters is 2. The van der Waals surface area contributed by atoms with Gasteiger partial charge in [-0.3, -0.25) is 0 Å². The molecule has 2 aromatic rings. The molecule has 0 saturated heterocycles. The van der Waals surface area contributed by atoms with Crippen molar-refractivity contribution < 1.29 is 28.5 Å². The minimum absolute atomic E-state index is 0.401. The van der Waals surface area contributed by atoms with Crippen molar-refractivity contribution in [1.29, 1.82) is 0 Å². The normalized spacial score (nSPS) is 11.1. The van der Waals surface area contributed by atoms with Gasteiger partial charge >= 0.3 is 11.9 Å². The van der Waals surface area contributed by atoms with Crippen molar-refractivity contribution in [3.8, 4) is 11.5 Å². The smallest absolute Gasteiger partial charge is 0.341 e. The molecule has 0 aromatic heterocycles. The monoisotopic (exact) mass is 471 g/mol. The molecule has 0 fully saturated rings. The van der Waals surface area contributed by atoms with E-state index in [0.717, 1.165) is 33.8 Å². The Balaban J connectivity index is 2.84. The lowest BCUT2D eigenvalue weighted by Crippen LogP contribution is -2.47. The van der Waals surface area contributed by atoms with Crippen LogP contribution >= 0.6 is 0 Å². The topological polar surface area (TPSA) is 74.3 Å². The molecule has 0 aliphatic rings. The van der Waals surface area contributed by atoms with Crippen LogP contribution in [0.5, 0.6) is 11.5 Å². The molecule has 0 atom stereocenters. The highest BCUT2D eigenvalue weighted by Gasteiger charge is 2.39. The van der Waals surface area contributed by atoms with E-state index >= 15 is 0 Å². The van der Waals surface area contributed by atoms with Crippen molar-refractivity contribution in [2.24, 2.45) is 0 Å². The van der Waals surface area contributed by atoms with Gasteiger partial charge in [-0.25, -0.2) is 9.59 Å². The largest absolute Gasteiger partial charge is 0.496 e. The highest BCUT2D eigenvalue weighted by molar-refractivity contribution is 6.04. The van der Waals surface area contributed by atoms with Gasteiger partial charge in [0.05, 0.1) is 26.4 Å². The van der Waals surface area contributed by atoms with E-state index in [4.69, 9.17) is 18.9 Å². The van der Waals surface area contributed by atoms with Crippen molar-refractivity contribution in [1.82, 2.24) is 0 Å². The third-order valence-electron chi connectivity index (χ3n) is 5.26. The maximum Gasteiger partial charge on any atom is 0.341 e. The van der Waals surface area contributed by atoms with Gasteiger partial charge in [0.1, 0.15) is 11.5 Å². The molecule has 7 heteroatoms. The molecule has 0 radical (unpaired) electrons. The molecule has 0 bridgehead atoms. The second-order valence-corrected chi connectivity index (χ2v) is 8.97. The molecule has 0 spiro atoms. The Morgan fingerprint density at radius 1 is 0.647 bits per heavy atom. The minimum atomic E-state index is -1.34. The van der Waals surface area contributed by atoms with Crippen LogP contribution in [0.4, 0.5) is 11.4 Å². The minimum Gasteiger partial charge on any atom is -0.496 e. The zero-order valence-electron chi connectivity index (χ0n) is 21.9. The fraction of sp³-hybridized carbons (Fsp3) is 0.481. The van der Waals surface area contributed by atoms with Crippen LogP contribution in [0.15, 0.2) is 24.3 Å². The van der Waals surface area contributed by atoms with Crippen molar-refractivity contribution >= 4 is 23.3 Å². The average molecular weight is 472 g/mol. The van der Waals surface area contributed by atoms with Crippen LogP contribution in [0, 0.1) is 27.7 Å². The van der Waals surface area contributed by atoms with Gasteiger partial charge in [0, 0.05) is 11.4 Å². The standard InChI is InChI=1S/C27H37NO6/c1-15(2)33-26(29)23(27(30)34-16(3)4)28(21-11-17(5)24(31-9)18(6)12-21)22-13-19(7)25(32-10)20(8)14-22/h11-16,23H,1-10H3. The molecule has 0 amide bonds. The summed E-state index contributed by atoms with van der Waals surface area (Å²) in [4.78, 5) is 28.3. The zero-order valence-corrected chi connectivity index (χ0v) is 21.9. The maximum atomic E-state index is 13.3. The summed E-state index contributed by atoms with van der Waals surface area (Å²) in [5, 5.41) is 0. The molecular formula is C27H37NO6. The Bertz CT molecular complexity index is 916. The van der Waals surface area contributed by atoms with Crippen molar-refractivity contribution in [2.45, 2.75) is 73.6 Å². The highest BCUT2D eigenvalue weighted by atomic mass is 16.6. The number of nitrogens with zero attached hydrogens (tertiary/aromatic N) is 1. The van der Waals surface area contributed by atoms with E-state index in [2.05, 4.69) is 0 Å². The van der Waals surface area contributed by atoms with Crippen molar-refractivity contribution in [2.75, 3.05) is 19.1 Å². The highest BCUT2D eigenvalue weighted by Crippen LogP contribution is 2.38. The molecular weight excluding hydrogens is 434 g/mol. The molecule has 0 unspecified atom stereocenters. The second kappa shape index (κ2) is 11.3. The third kappa shape index (κ3) is 6.01. The number of hydrogen-bond acceptors (Lipinski definition) is 7. The Labute approximate surface area is 202 Å². The predicted octanol–water partition coefficient (Wildman–Crippen LogP) is 5.35. The van der Waals surface area contributed by atoms with Crippen LogP contribution in [-0.2, 0) is 19.1 Å². The van der Waals surface area contributed by atoms with Gasteiger partial charge < -0.3 is 23.8 Å². The molecule has 0 aliphatic heterocycles. The number of carbonyl (C=O) groups is 2. The lowest BCUT2D eigenvalue weighted by molar-refractivity contribution is -0.160. The lowest BCUT2D eigenvalue weighted by Gasteiger charge is -2.33. The van der Waals surface area contributed by atoms with Crippen LogP contribution in [0.25, 0.3) is 0 Å². The average Bonchev–Trinajstić information content (AvgIpc) is 2.70. The number of benzene rings is 2. The molecule has 0 N–H and O–H groups in total. The summed E-state index contributed by atoms with van der Waals surface area (Å²) in [5.74, 6) is 0.129. The lowest BCUT2D eigenvalue weighted by atomic mass is 10.0. The van der Waals surface area contributed by atoms with Crippen molar-refractivity contribution in [3.05, 3.63) is 46.5 Å². The summed E-state index contributed by atoms with van der Waals surface area (Å²) >= 11 is 0. The number of anilines is 2. The van der Waals surface area contributed by atoms with Gasteiger partial charge in [-0.05, 0) is 102 Å². The number of aryl methyl sites for hydroxylation is 4. The van der Waals surface area contributed by atoms with Gasteiger partial charge in [0.25, 0.3) is 0 Å². The quantitative estimate of drug-likeness (QED) is 0.361. The van der Waals surface area contributed by atoms with Gasteiger partial charge in [-0.15, -0.1) is 0 Å². The van der Waals surface area contributed by atoms with E-state index in [9.17, 15) is 9.59 Å². The van der Waals surface area contributed by atoms with E-state index in [-0.39, 0.29) is 0 Å². The summed E-state index contributed by atoms with van der Waals surface area (Å²) in [6.45, 7) is 14.7. The summed E-state index contributed by atoms with van der Waals surface area (Å²) in [5.41, 5.74) is 4.78. The predicted molar refractivity (Wildman–Crippen MR) is 133 cm³/mol. The van der Waals surface area contributed by atoms with E-state index < -0.39 is 30.2 Å². The van der Waals surface area contributed by atoms with Gasteiger partial charge in [-0.1, -0.05) is 0 Å². The van der Waals surface area contributed by atoms with E-state index in [1.807, 2.05) is 52.0 Å². The molecule has 34 heavy (non-hydrogen) atoms. The molecule has 0 saturated carbocycles. The summed E-state index contributed by atoms with van der Waals surface area (Å²) in [6, 6.07) is 6.21. The van der Waals surface area contributed by atoms with Gasteiger partial charge in [0.2, 0.25) is 6.04 Å². The Morgan fingerprint density at radius 3 is 1.18 bits per heavy atom. The first kappa shape index (κ1) is 27.0. The first-order valence-corrected chi connectivity index (χ1v) is 11.4. The summed E-state index contributed by atoms with van der Waals surface area (Å²) < 4.78 is 22.1. The van der Waals surface area contributed by atoms with Crippen LogP contribution < -0.4 is 14.4 Å². The summed E-state index contributed by atoms with van der Waals surface area (Å²) in [7, 11) is 3.23. The first-order valence-electron chi connectivity index (χ1n) is 11.4. The van der Waals surface area contributed by atoms with Gasteiger partial charge in [0.15, 0.2) is 0 Å². The molecule has 2 aromatic carbocycles. The molecule has 2 rings (SSSR count). The fourth-order valence-corrected chi connectivity index (χ4v) is 4.12. The fourth-order valence-electron chi connectivity index (χ4n) is 4.12. The van der Waals surface area contributed by atoms with E-state index in [0.29, 0.717) is 11.4 Å². The number of hydrogen-bond donors (Lipinski definition) is 0. The Hall–Kier alpha value is -3.22. The van der Waals surface area contributed by atoms with E-state index in [1.54, 1.807) is 46.8 Å². The third-order valence-corrected chi connectivity index (χ3v) is 5.26. The SMILES string of the molecule is COc1c(C)cc(N(c2cc(C)c(OC)c(C)c2)C(C(=O)OC(C)C)C(=O)OC(C)C)cc1C. The zero-order chi connectivity index (χ0) is 25.7. The number of ether oxygens (including phenoxy) is 4. The molecule has 0 aliphatic carbocycles. The molecule has 186 valence electrons. The van der Waals surface area contributed by atoms with Crippen LogP contribution in [0.1, 0.15) is 49.9 Å². The van der Waals surface area contributed by atoms with Gasteiger partial charge in [-0.2, -0.15) is 0 Å². The maximum absolute atomic E-state index is 13.3. The number of methoxy groups -OCH3 is 2. The molecule has 0 heterocycles. The second-order valence-electron chi connectivity index (χ2n) is 8.97. The molecule has 7 nitrogen and oxygen atoms in total. The number of carbonyl (C=O) groups excluding carboxylic acids is 2. The Kier molecular flexibility index (Phi) is 8.96. The first-order chi connectivity index (χ1) is 15.9. The van der Waals surface area contributed by atoms with Crippen LogP contribution in [0.3, 0.4) is 0 Å². The van der Waals surface area contributed by atoms with Crippen LogP contribution in [0.2, 0.25) is 0 Å². The Morgan fingerprint density at radius 2 is 0.941 bits per heavy atom. The number of rotatable bonds is 9.